The maximum absolute atomic E-state index is 12.3. The van der Waals surface area contributed by atoms with Crippen LogP contribution < -0.4 is 5.32 Å². The number of hydrogen-bond donors (Lipinski definition) is 1. The molecule has 1 aromatic carbocycles. The zero-order valence-corrected chi connectivity index (χ0v) is 14.3. The van der Waals surface area contributed by atoms with Crippen molar-refractivity contribution in [2.75, 3.05) is 5.32 Å². The maximum atomic E-state index is 12.3. The number of nitrogens with one attached hydrogen (secondary N) is 1. The molecule has 124 valence electrons. The summed E-state index contributed by atoms with van der Waals surface area (Å²) in [4.78, 5) is 12.3. The van der Waals surface area contributed by atoms with Crippen LogP contribution in [0.1, 0.15) is 28.5 Å². The second kappa shape index (κ2) is 6.88. The number of nitrogens with zero attached hydrogens (tertiary/aromatic N) is 4. The Morgan fingerprint density at radius 1 is 1.25 bits per heavy atom. The van der Waals surface area contributed by atoms with Gasteiger partial charge in [-0.1, -0.05) is 23.7 Å². The Kier molecular flexibility index (Phi) is 4.66. The normalized spacial score (nSPS) is 10.8. The first-order valence-corrected chi connectivity index (χ1v) is 8.06. The third kappa shape index (κ3) is 3.65. The van der Waals surface area contributed by atoms with Gasteiger partial charge >= 0.3 is 0 Å². The van der Waals surface area contributed by atoms with Crippen molar-refractivity contribution in [3.05, 3.63) is 64.6 Å². The van der Waals surface area contributed by atoms with E-state index in [1.165, 1.54) is 0 Å². The first kappa shape index (κ1) is 16.3. The first-order chi connectivity index (χ1) is 11.5. The number of halogens is 1. The third-order valence-corrected chi connectivity index (χ3v) is 3.87. The highest BCUT2D eigenvalue weighted by atomic mass is 35.5. The molecule has 0 saturated carbocycles. The van der Waals surface area contributed by atoms with Gasteiger partial charge < -0.3 is 5.32 Å². The van der Waals surface area contributed by atoms with Crippen LogP contribution >= 0.6 is 11.6 Å². The number of hydrogen-bond acceptors (Lipinski definition) is 3. The fourth-order valence-electron chi connectivity index (χ4n) is 2.43. The summed E-state index contributed by atoms with van der Waals surface area (Å²) in [5.74, 6) is 0.297. The van der Waals surface area contributed by atoms with E-state index in [9.17, 15) is 4.79 Å². The lowest BCUT2D eigenvalue weighted by molar-refractivity contribution is 0.102. The molecule has 3 rings (SSSR count). The topological polar surface area (TPSA) is 64.7 Å². The fourth-order valence-corrected chi connectivity index (χ4v) is 2.64. The lowest BCUT2D eigenvalue weighted by Crippen LogP contribution is -2.13. The Labute approximate surface area is 145 Å². The Morgan fingerprint density at radius 3 is 2.79 bits per heavy atom. The summed E-state index contributed by atoms with van der Waals surface area (Å²) in [6, 6.07) is 9.37. The molecule has 0 fully saturated rings. The van der Waals surface area contributed by atoms with Crippen LogP contribution in [0, 0.1) is 6.92 Å². The minimum atomic E-state index is -0.208. The summed E-state index contributed by atoms with van der Waals surface area (Å²) in [7, 11) is 0. The van der Waals surface area contributed by atoms with Gasteiger partial charge in [0, 0.05) is 30.0 Å². The number of carbonyl (C=O) groups excluding carboxylic acids is 1. The molecule has 6 nitrogen and oxygen atoms in total. The number of amides is 1. The monoisotopic (exact) mass is 343 g/mol. The van der Waals surface area contributed by atoms with Gasteiger partial charge in [-0.2, -0.15) is 10.2 Å². The molecular formula is C17H18ClN5O. The summed E-state index contributed by atoms with van der Waals surface area (Å²) in [6.45, 7) is 5.11. The largest absolute Gasteiger partial charge is 0.305 e. The Morgan fingerprint density at radius 2 is 2.08 bits per heavy atom. The lowest BCUT2D eigenvalue weighted by Gasteiger charge is -2.03. The van der Waals surface area contributed by atoms with Gasteiger partial charge in [-0.15, -0.1) is 0 Å². The van der Waals surface area contributed by atoms with Crippen LogP contribution in [-0.4, -0.2) is 25.5 Å². The zero-order valence-electron chi connectivity index (χ0n) is 13.5. The molecule has 0 spiro atoms. The highest BCUT2D eigenvalue weighted by molar-refractivity contribution is 6.30. The number of carbonyl (C=O) groups is 1. The van der Waals surface area contributed by atoms with Gasteiger partial charge in [0.15, 0.2) is 5.82 Å². The van der Waals surface area contributed by atoms with Crippen molar-refractivity contribution in [1.82, 2.24) is 19.6 Å². The van der Waals surface area contributed by atoms with Crippen LogP contribution in [0.4, 0.5) is 5.82 Å². The molecule has 1 amide bonds. The molecule has 0 radical (unpaired) electrons. The van der Waals surface area contributed by atoms with E-state index >= 15 is 0 Å². The number of anilines is 1. The number of rotatable bonds is 5. The minimum Gasteiger partial charge on any atom is -0.305 e. The summed E-state index contributed by atoms with van der Waals surface area (Å²) in [6.07, 6.45) is 3.56. The summed E-state index contributed by atoms with van der Waals surface area (Å²) >= 11 is 5.99. The second-order valence-corrected chi connectivity index (χ2v) is 5.90. The first-order valence-electron chi connectivity index (χ1n) is 7.68. The molecule has 2 heterocycles. The molecule has 0 bridgehead atoms. The van der Waals surface area contributed by atoms with Gasteiger partial charge in [-0.05, 0) is 31.5 Å². The molecule has 0 atom stereocenters. The van der Waals surface area contributed by atoms with Crippen molar-refractivity contribution < 1.29 is 4.79 Å². The predicted molar refractivity (Wildman–Crippen MR) is 93.4 cm³/mol. The molecule has 1 N–H and O–H groups in total. The van der Waals surface area contributed by atoms with Gasteiger partial charge in [0.2, 0.25) is 0 Å². The van der Waals surface area contributed by atoms with Gasteiger partial charge in [0.1, 0.15) is 0 Å². The van der Waals surface area contributed by atoms with Crippen molar-refractivity contribution in [2.45, 2.75) is 26.9 Å². The fraction of sp³-hybridized carbons (Fsp3) is 0.235. The molecule has 2 aromatic heterocycles. The van der Waals surface area contributed by atoms with Crippen LogP contribution in [0.5, 0.6) is 0 Å². The molecule has 24 heavy (non-hydrogen) atoms. The van der Waals surface area contributed by atoms with Crippen molar-refractivity contribution >= 4 is 23.3 Å². The lowest BCUT2D eigenvalue weighted by atomic mass is 10.2. The maximum Gasteiger partial charge on any atom is 0.260 e. The van der Waals surface area contributed by atoms with Crippen LogP contribution in [0.2, 0.25) is 5.02 Å². The van der Waals surface area contributed by atoms with E-state index in [0.717, 1.165) is 12.1 Å². The van der Waals surface area contributed by atoms with Crippen LogP contribution in [0.3, 0.4) is 0 Å². The Balaban J connectivity index is 1.69. The van der Waals surface area contributed by atoms with E-state index in [1.807, 2.05) is 44.3 Å². The molecule has 0 saturated heterocycles. The molecule has 0 unspecified atom stereocenters. The average Bonchev–Trinajstić information content (AvgIpc) is 3.13. The van der Waals surface area contributed by atoms with Gasteiger partial charge in [-0.3, -0.25) is 14.2 Å². The van der Waals surface area contributed by atoms with E-state index < -0.39 is 0 Å². The van der Waals surface area contributed by atoms with Crippen LogP contribution in [-0.2, 0) is 13.1 Å². The van der Waals surface area contributed by atoms with Crippen molar-refractivity contribution in [2.24, 2.45) is 0 Å². The van der Waals surface area contributed by atoms with E-state index in [4.69, 9.17) is 11.6 Å². The molecule has 0 aliphatic rings. The van der Waals surface area contributed by atoms with Gasteiger partial charge in [0.05, 0.1) is 17.8 Å². The SMILES string of the molecule is CCn1cc(C(=O)Nc2ccn(Cc3cccc(Cl)c3)n2)c(C)n1. The number of aryl methyl sites for hydroxylation is 2. The third-order valence-electron chi connectivity index (χ3n) is 3.63. The predicted octanol–water partition coefficient (Wildman–Crippen LogP) is 3.36. The van der Waals surface area contributed by atoms with Gasteiger partial charge in [-0.25, -0.2) is 0 Å². The average molecular weight is 344 g/mol. The van der Waals surface area contributed by atoms with E-state index in [2.05, 4.69) is 15.5 Å². The molecule has 0 aliphatic carbocycles. The van der Waals surface area contributed by atoms with Crippen molar-refractivity contribution in [3.63, 3.8) is 0 Å². The van der Waals surface area contributed by atoms with E-state index in [1.54, 1.807) is 21.6 Å². The molecule has 7 heteroatoms. The Bertz CT molecular complexity index is 868. The minimum absolute atomic E-state index is 0.208. The number of benzene rings is 1. The summed E-state index contributed by atoms with van der Waals surface area (Å²) in [5.41, 5.74) is 2.30. The number of aromatic nitrogens is 4. The standard InChI is InChI=1S/C17H18ClN5O/c1-3-22-11-15(12(2)20-22)17(24)19-16-7-8-23(21-16)10-13-5-4-6-14(18)9-13/h4-9,11H,3,10H2,1-2H3,(H,19,21,24). The Hall–Kier alpha value is -2.60. The molecule has 3 aromatic rings. The van der Waals surface area contributed by atoms with Crippen LogP contribution in [0.25, 0.3) is 0 Å². The molecular weight excluding hydrogens is 326 g/mol. The van der Waals surface area contributed by atoms with Gasteiger partial charge in [0.25, 0.3) is 5.91 Å². The summed E-state index contributed by atoms with van der Waals surface area (Å²) in [5, 5.41) is 12.1. The quantitative estimate of drug-likeness (QED) is 0.772. The summed E-state index contributed by atoms with van der Waals surface area (Å²) < 4.78 is 3.49. The smallest absolute Gasteiger partial charge is 0.260 e. The van der Waals surface area contributed by atoms with E-state index in [0.29, 0.717) is 28.6 Å². The highest BCUT2D eigenvalue weighted by Crippen LogP contribution is 2.13. The second-order valence-electron chi connectivity index (χ2n) is 5.47. The zero-order chi connectivity index (χ0) is 17.1. The molecule has 0 aliphatic heterocycles. The van der Waals surface area contributed by atoms with Crippen LogP contribution in [0.15, 0.2) is 42.7 Å². The van der Waals surface area contributed by atoms with Crippen molar-refractivity contribution in [1.29, 1.82) is 0 Å². The highest BCUT2D eigenvalue weighted by Gasteiger charge is 2.14. The van der Waals surface area contributed by atoms with Crippen molar-refractivity contribution in [3.8, 4) is 0 Å². The van der Waals surface area contributed by atoms with E-state index in [-0.39, 0.29) is 5.91 Å².